The van der Waals surface area contributed by atoms with Gasteiger partial charge >= 0.3 is 6.03 Å². The molecule has 4 heteroatoms. The van der Waals surface area contributed by atoms with Crippen molar-refractivity contribution in [1.29, 1.82) is 0 Å². The van der Waals surface area contributed by atoms with E-state index in [1.807, 2.05) is 13.8 Å². The van der Waals surface area contributed by atoms with E-state index >= 15 is 0 Å². The predicted molar refractivity (Wildman–Crippen MR) is 65.4 cm³/mol. The number of carbonyl (C=O) groups excluding carboxylic acids is 2. The van der Waals surface area contributed by atoms with E-state index in [0.29, 0.717) is 12.5 Å². The third-order valence-corrected chi connectivity index (χ3v) is 4.05. The van der Waals surface area contributed by atoms with Crippen LogP contribution >= 0.6 is 0 Å². The van der Waals surface area contributed by atoms with E-state index in [2.05, 4.69) is 12.2 Å². The molecule has 4 nitrogen and oxygen atoms in total. The van der Waals surface area contributed by atoms with Crippen LogP contribution in [0.15, 0.2) is 0 Å². The minimum Gasteiger partial charge on any atom is -0.323 e. The van der Waals surface area contributed by atoms with Crippen LogP contribution in [-0.2, 0) is 4.79 Å². The van der Waals surface area contributed by atoms with Gasteiger partial charge < -0.3 is 5.32 Å². The van der Waals surface area contributed by atoms with Gasteiger partial charge in [-0.25, -0.2) is 4.79 Å². The van der Waals surface area contributed by atoms with Crippen molar-refractivity contribution in [1.82, 2.24) is 10.2 Å². The zero-order valence-electron chi connectivity index (χ0n) is 11.0. The van der Waals surface area contributed by atoms with Crippen molar-refractivity contribution in [2.45, 2.75) is 52.0 Å². The number of urea groups is 1. The second-order valence-electron chi connectivity index (χ2n) is 5.86. The summed E-state index contributed by atoms with van der Waals surface area (Å²) in [6.07, 6.45) is 4.02. The molecule has 0 aromatic rings. The molecule has 1 spiro atoms. The van der Waals surface area contributed by atoms with Gasteiger partial charge in [0.25, 0.3) is 5.91 Å². The Morgan fingerprint density at radius 3 is 2.71 bits per heavy atom. The quantitative estimate of drug-likeness (QED) is 0.749. The van der Waals surface area contributed by atoms with Crippen molar-refractivity contribution in [2.24, 2.45) is 11.8 Å². The van der Waals surface area contributed by atoms with Crippen LogP contribution in [0.2, 0.25) is 0 Å². The minimum absolute atomic E-state index is 0.00315. The highest BCUT2D eigenvalue weighted by molar-refractivity contribution is 6.07. The molecule has 2 rings (SSSR count). The minimum atomic E-state index is -0.593. The van der Waals surface area contributed by atoms with E-state index in [4.69, 9.17) is 0 Å². The maximum absolute atomic E-state index is 12.5. The maximum Gasteiger partial charge on any atom is 0.325 e. The maximum atomic E-state index is 12.5. The summed E-state index contributed by atoms with van der Waals surface area (Å²) in [4.78, 5) is 25.8. The summed E-state index contributed by atoms with van der Waals surface area (Å²) >= 11 is 0. The Morgan fingerprint density at radius 1 is 1.41 bits per heavy atom. The van der Waals surface area contributed by atoms with Gasteiger partial charge in [-0.3, -0.25) is 9.69 Å². The van der Waals surface area contributed by atoms with Gasteiger partial charge in [0.15, 0.2) is 0 Å². The number of carbonyl (C=O) groups is 2. The Kier molecular flexibility index (Phi) is 3.15. The molecule has 2 aliphatic rings. The van der Waals surface area contributed by atoms with Gasteiger partial charge in [-0.2, -0.15) is 0 Å². The first kappa shape index (κ1) is 12.4. The molecule has 1 N–H and O–H groups in total. The Morgan fingerprint density at radius 2 is 2.12 bits per heavy atom. The first-order valence-corrected chi connectivity index (χ1v) is 6.61. The van der Waals surface area contributed by atoms with Crippen LogP contribution in [0.4, 0.5) is 4.79 Å². The molecule has 2 fully saturated rings. The number of nitrogens with zero attached hydrogens (tertiary/aromatic N) is 1. The molecule has 2 atom stereocenters. The summed E-state index contributed by atoms with van der Waals surface area (Å²) < 4.78 is 0. The smallest absolute Gasteiger partial charge is 0.323 e. The van der Waals surface area contributed by atoms with Crippen LogP contribution in [0, 0.1) is 11.8 Å². The number of hydrogen-bond donors (Lipinski definition) is 1. The average molecular weight is 238 g/mol. The standard InChI is InChI=1S/C13H22N2O2/c1-9(2)8-15-11(16)13(14-12(15)17)7-5-4-6-10(13)3/h9-10H,4-8H2,1-3H3,(H,14,17)/t10-,13-/m1/s1. The van der Waals surface area contributed by atoms with Crippen molar-refractivity contribution in [3.8, 4) is 0 Å². The van der Waals surface area contributed by atoms with Crippen LogP contribution in [0.5, 0.6) is 0 Å². The normalized spacial score (nSPS) is 33.6. The fourth-order valence-electron chi connectivity index (χ4n) is 3.03. The van der Waals surface area contributed by atoms with E-state index in [9.17, 15) is 9.59 Å². The second kappa shape index (κ2) is 4.31. The molecule has 0 unspecified atom stereocenters. The molecule has 3 amide bonds. The summed E-state index contributed by atoms with van der Waals surface area (Å²) in [6, 6.07) is -0.197. The first-order chi connectivity index (χ1) is 7.97. The molecule has 1 heterocycles. The zero-order valence-corrected chi connectivity index (χ0v) is 11.0. The number of nitrogens with one attached hydrogen (secondary N) is 1. The van der Waals surface area contributed by atoms with Crippen LogP contribution in [0.1, 0.15) is 46.5 Å². The van der Waals surface area contributed by atoms with Crippen LogP contribution < -0.4 is 5.32 Å². The lowest BCUT2D eigenvalue weighted by molar-refractivity contribution is -0.134. The summed E-state index contributed by atoms with van der Waals surface area (Å²) in [5.74, 6) is 0.576. The van der Waals surface area contributed by atoms with Gasteiger partial charge in [0.2, 0.25) is 0 Å². The number of hydrogen-bond acceptors (Lipinski definition) is 2. The monoisotopic (exact) mass is 238 g/mol. The van der Waals surface area contributed by atoms with E-state index in [1.54, 1.807) is 0 Å². The molecule has 0 aromatic carbocycles. The Balaban J connectivity index is 2.21. The van der Waals surface area contributed by atoms with Crippen LogP contribution in [-0.4, -0.2) is 28.9 Å². The van der Waals surface area contributed by atoms with Crippen LogP contribution in [0.25, 0.3) is 0 Å². The third kappa shape index (κ3) is 1.94. The van der Waals surface area contributed by atoms with Crippen molar-refractivity contribution < 1.29 is 9.59 Å². The Bertz CT molecular complexity index is 340. The highest BCUT2D eigenvalue weighted by Crippen LogP contribution is 2.38. The van der Waals surface area contributed by atoms with Crippen molar-refractivity contribution in [2.75, 3.05) is 6.54 Å². The summed E-state index contributed by atoms with van der Waals surface area (Å²) in [5, 5.41) is 2.96. The van der Waals surface area contributed by atoms with Gasteiger partial charge in [-0.15, -0.1) is 0 Å². The van der Waals surface area contributed by atoms with Crippen molar-refractivity contribution >= 4 is 11.9 Å². The number of rotatable bonds is 2. The summed E-state index contributed by atoms with van der Waals surface area (Å²) in [6.45, 7) is 6.65. The van der Waals surface area contributed by atoms with Gasteiger partial charge in [0, 0.05) is 6.54 Å². The van der Waals surface area contributed by atoms with Gasteiger partial charge in [-0.05, 0) is 24.7 Å². The van der Waals surface area contributed by atoms with Crippen LogP contribution in [0.3, 0.4) is 0 Å². The highest BCUT2D eigenvalue weighted by atomic mass is 16.2. The summed E-state index contributed by atoms with van der Waals surface area (Å²) in [5.41, 5.74) is -0.593. The highest BCUT2D eigenvalue weighted by Gasteiger charge is 2.54. The van der Waals surface area contributed by atoms with E-state index in [1.165, 1.54) is 4.90 Å². The van der Waals surface area contributed by atoms with E-state index in [0.717, 1.165) is 25.7 Å². The molecule has 1 saturated heterocycles. The second-order valence-corrected chi connectivity index (χ2v) is 5.86. The van der Waals surface area contributed by atoms with Crippen molar-refractivity contribution in [3.63, 3.8) is 0 Å². The molecular weight excluding hydrogens is 216 g/mol. The van der Waals surface area contributed by atoms with E-state index < -0.39 is 5.54 Å². The molecule has 0 bridgehead atoms. The molecule has 0 radical (unpaired) electrons. The molecule has 17 heavy (non-hydrogen) atoms. The molecule has 1 aliphatic carbocycles. The van der Waals surface area contributed by atoms with Gasteiger partial charge in [0.05, 0.1) is 0 Å². The lowest BCUT2D eigenvalue weighted by Crippen LogP contribution is -2.54. The van der Waals surface area contributed by atoms with Gasteiger partial charge in [0.1, 0.15) is 5.54 Å². The topological polar surface area (TPSA) is 49.4 Å². The number of imide groups is 1. The fraction of sp³-hybridized carbons (Fsp3) is 0.846. The average Bonchev–Trinajstić information content (AvgIpc) is 2.48. The molecule has 1 saturated carbocycles. The predicted octanol–water partition coefficient (Wildman–Crippen LogP) is 2.14. The fourth-order valence-corrected chi connectivity index (χ4v) is 3.03. The Hall–Kier alpha value is -1.06. The molecule has 1 aliphatic heterocycles. The molecule has 96 valence electrons. The van der Waals surface area contributed by atoms with Crippen molar-refractivity contribution in [3.05, 3.63) is 0 Å². The first-order valence-electron chi connectivity index (χ1n) is 6.61. The molecule has 0 aromatic heterocycles. The lowest BCUT2D eigenvalue weighted by atomic mass is 9.73. The zero-order chi connectivity index (χ0) is 12.6. The number of amides is 3. The third-order valence-electron chi connectivity index (χ3n) is 4.05. The largest absolute Gasteiger partial charge is 0.325 e. The summed E-state index contributed by atoms with van der Waals surface area (Å²) in [7, 11) is 0. The molecular formula is C13H22N2O2. The van der Waals surface area contributed by atoms with E-state index in [-0.39, 0.29) is 17.9 Å². The lowest BCUT2D eigenvalue weighted by Gasteiger charge is -2.36. The van der Waals surface area contributed by atoms with Gasteiger partial charge in [-0.1, -0.05) is 33.6 Å². The SMILES string of the molecule is CC(C)CN1C(=O)N[C@@]2(CCCC[C@H]2C)C1=O. The Labute approximate surface area is 103 Å².